The summed E-state index contributed by atoms with van der Waals surface area (Å²) in [6.45, 7) is 1.98. The maximum atomic E-state index is 12.4. The lowest BCUT2D eigenvalue weighted by atomic mass is 9.78. The van der Waals surface area contributed by atoms with E-state index in [1.165, 1.54) is 0 Å². The summed E-state index contributed by atoms with van der Waals surface area (Å²) < 4.78 is 0. The van der Waals surface area contributed by atoms with Gasteiger partial charge in [-0.05, 0) is 50.1 Å². The van der Waals surface area contributed by atoms with Crippen molar-refractivity contribution in [2.45, 2.75) is 39.0 Å². The van der Waals surface area contributed by atoms with E-state index in [9.17, 15) is 4.79 Å². The fourth-order valence-corrected chi connectivity index (χ4v) is 2.86. The molecular formula is C18H27NO4. The second-order valence-electron chi connectivity index (χ2n) is 6.01. The van der Waals surface area contributed by atoms with Crippen molar-refractivity contribution in [3.05, 3.63) is 35.4 Å². The van der Waals surface area contributed by atoms with Gasteiger partial charge < -0.3 is 15.9 Å². The number of aliphatic hydroxyl groups excluding tert-OH is 1. The highest BCUT2D eigenvalue weighted by molar-refractivity contribution is 5.97. The van der Waals surface area contributed by atoms with Gasteiger partial charge in [0, 0.05) is 25.0 Å². The molecule has 5 heteroatoms. The van der Waals surface area contributed by atoms with E-state index in [0.29, 0.717) is 12.3 Å². The maximum Gasteiger partial charge on any atom is 0.300 e. The van der Waals surface area contributed by atoms with Gasteiger partial charge in [0.2, 0.25) is 0 Å². The van der Waals surface area contributed by atoms with E-state index in [4.69, 9.17) is 20.7 Å². The second-order valence-corrected chi connectivity index (χ2v) is 6.01. The summed E-state index contributed by atoms with van der Waals surface area (Å²) in [5, 5.41) is 16.3. The van der Waals surface area contributed by atoms with Gasteiger partial charge in [0.15, 0.2) is 5.78 Å². The lowest BCUT2D eigenvalue weighted by Gasteiger charge is -2.26. The number of ketones is 1. The monoisotopic (exact) mass is 321 g/mol. The van der Waals surface area contributed by atoms with E-state index in [1.54, 1.807) is 0 Å². The van der Waals surface area contributed by atoms with Crippen molar-refractivity contribution in [1.82, 2.24) is 0 Å². The lowest BCUT2D eigenvalue weighted by molar-refractivity contribution is -0.134. The molecule has 4 N–H and O–H groups in total. The molecular weight excluding hydrogens is 294 g/mol. The zero-order valence-electron chi connectivity index (χ0n) is 13.7. The topological polar surface area (TPSA) is 101 Å². The molecule has 0 atom stereocenters. The molecule has 1 saturated carbocycles. The van der Waals surface area contributed by atoms with Crippen LogP contribution >= 0.6 is 0 Å². The van der Waals surface area contributed by atoms with Gasteiger partial charge in [0.25, 0.3) is 5.97 Å². The fraction of sp³-hybridized carbons (Fsp3) is 0.556. The summed E-state index contributed by atoms with van der Waals surface area (Å²) in [5.74, 6) is 0.216. The van der Waals surface area contributed by atoms with Crippen LogP contribution in [0.1, 0.15) is 48.5 Å². The van der Waals surface area contributed by atoms with E-state index in [1.807, 2.05) is 24.3 Å². The van der Waals surface area contributed by atoms with Gasteiger partial charge in [0.1, 0.15) is 0 Å². The Bertz CT molecular complexity index is 486. The molecule has 0 spiro atoms. The van der Waals surface area contributed by atoms with Crippen LogP contribution in [-0.2, 0) is 11.2 Å². The largest absolute Gasteiger partial charge is 0.481 e. The Hall–Kier alpha value is -1.72. The smallest absolute Gasteiger partial charge is 0.300 e. The predicted molar refractivity (Wildman–Crippen MR) is 89.4 cm³/mol. The molecule has 0 radical (unpaired) electrons. The first kappa shape index (κ1) is 19.3. The van der Waals surface area contributed by atoms with Crippen molar-refractivity contribution < 1.29 is 19.8 Å². The van der Waals surface area contributed by atoms with Crippen LogP contribution in [0.4, 0.5) is 0 Å². The van der Waals surface area contributed by atoms with Gasteiger partial charge in [-0.15, -0.1) is 0 Å². The van der Waals surface area contributed by atoms with Crippen LogP contribution in [0.5, 0.6) is 0 Å². The molecule has 1 aromatic rings. The first-order valence-corrected chi connectivity index (χ1v) is 8.11. The van der Waals surface area contributed by atoms with Crippen LogP contribution in [0.2, 0.25) is 0 Å². The van der Waals surface area contributed by atoms with E-state index in [0.717, 1.165) is 50.3 Å². The van der Waals surface area contributed by atoms with Crippen LogP contribution < -0.4 is 5.73 Å². The number of rotatable bonds is 5. The molecule has 2 rings (SSSR count). The van der Waals surface area contributed by atoms with E-state index < -0.39 is 5.97 Å². The Kier molecular flexibility index (Phi) is 8.51. The molecule has 1 aliphatic rings. The third-order valence-electron chi connectivity index (χ3n) is 4.19. The average molecular weight is 321 g/mol. The number of aliphatic carboxylic acids is 1. The Morgan fingerprint density at radius 2 is 1.65 bits per heavy atom. The van der Waals surface area contributed by atoms with Crippen molar-refractivity contribution in [3.8, 4) is 0 Å². The van der Waals surface area contributed by atoms with Crippen LogP contribution in [0, 0.1) is 11.8 Å². The number of carbonyl (C=O) groups excluding carboxylic acids is 1. The third-order valence-corrected chi connectivity index (χ3v) is 4.19. The van der Waals surface area contributed by atoms with Crippen LogP contribution in [0.25, 0.3) is 0 Å². The third kappa shape index (κ3) is 6.93. The summed E-state index contributed by atoms with van der Waals surface area (Å²) in [6, 6.07) is 7.66. The minimum atomic E-state index is -0.833. The molecule has 5 nitrogen and oxygen atoms in total. The standard InChI is InChI=1S/C16H23NO2.C2H4O2/c17-11-13-3-7-15(8-4-13)16(19)14-5-1-12(2-6-14)9-10-18;1-2(3)4/h1-2,5-6,13,15,18H,3-4,7-11,17H2;1H3,(H,3,4). The van der Waals surface area contributed by atoms with Crippen LogP contribution in [-0.4, -0.2) is 35.1 Å². The second kappa shape index (κ2) is 10.1. The number of nitrogens with two attached hydrogens (primary N) is 1. The average Bonchev–Trinajstić information content (AvgIpc) is 2.55. The summed E-state index contributed by atoms with van der Waals surface area (Å²) in [6.07, 6.45) is 4.75. The van der Waals surface area contributed by atoms with E-state index in [2.05, 4.69) is 0 Å². The number of hydrogen-bond acceptors (Lipinski definition) is 4. The predicted octanol–water partition coefficient (Wildman–Crippen LogP) is 2.26. The quantitative estimate of drug-likeness (QED) is 0.722. The number of Topliss-reactive ketones (excluding diaryl/α,β-unsaturated/α-hetero) is 1. The molecule has 1 aromatic carbocycles. The van der Waals surface area contributed by atoms with Crippen molar-refractivity contribution in [2.75, 3.05) is 13.2 Å². The lowest BCUT2D eigenvalue weighted by Crippen LogP contribution is -2.25. The molecule has 0 heterocycles. The Morgan fingerprint density at radius 3 is 2.09 bits per heavy atom. The summed E-state index contributed by atoms with van der Waals surface area (Å²) in [4.78, 5) is 21.4. The molecule has 128 valence electrons. The molecule has 0 bridgehead atoms. The molecule has 0 aromatic heterocycles. The zero-order chi connectivity index (χ0) is 17.2. The number of carboxylic acid groups (broad SMARTS) is 1. The molecule has 0 unspecified atom stereocenters. The minimum absolute atomic E-state index is 0.149. The SMILES string of the molecule is CC(=O)O.NCC1CCC(C(=O)c2ccc(CCO)cc2)CC1. The normalized spacial score (nSPS) is 20.3. The number of hydrogen-bond donors (Lipinski definition) is 3. The highest BCUT2D eigenvalue weighted by Crippen LogP contribution is 2.30. The number of aliphatic hydroxyl groups is 1. The van der Waals surface area contributed by atoms with Gasteiger partial charge in [0.05, 0.1) is 0 Å². The number of carboxylic acids is 1. The van der Waals surface area contributed by atoms with Crippen molar-refractivity contribution in [3.63, 3.8) is 0 Å². The molecule has 1 aliphatic carbocycles. The Labute approximate surface area is 137 Å². The van der Waals surface area contributed by atoms with Crippen molar-refractivity contribution in [1.29, 1.82) is 0 Å². The highest BCUT2D eigenvalue weighted by Gasteiger charge is 2.26. The zero-order valence-corrected chi connectivity index (χ0v) is 13.7. The maximum absolute atomic E-state index is 12.4. The van der Waals surface area contributed by atoms with E-state index >= 15 is 0 Å². The number of benzene rings is 1. The van der Waals surface area contributed by atoms with Gasteiger partial charge in [-0.3, -0.25) is 9.59 Å². The first-order valence-electron chi connectivity index (χ1n) is 8.11. The van der Waals surface area contributed by atoms with Crippen molar-refractivity contribution in [2.24, 2.45) is 17.6 Å². The van der Waals surface area contributed by atoms with Gasteiger partial charge >= 0.3 is 0 Å². The first-order chi connectivity index (χ1) is 11.0. The number of carbonyl (C=O) groups is 2. The van der Waals surface area contributed by atoms with Crippen LogP contribution in [0.3, 0.4) is 0 Å². The Balaban J connectivity index is 0.000000593. The molecule has 0 saturated heterocycles. The van der Waals surface area contributed by atoms with Gasteiger partial charge in [-0.1, -0.05) is 24.3 Å². The van der Waals surface area contributed by atoms with Gasteiger partial charge in [-0.25, -0.2) is 0 Å². The van der Waals surface area contributed by atoms with Gasteiger partial charge in [-0.2, -0.15) is 0 Å². The van der Waals surface area contributed by atoms with Crippen LogP contribution in [0.15, 0.2) is 24.3 Å². The minimum Gasteiger partial charge on any atom is -0.481 e. The fourth-order valence-electron chi connectivity index (χ4n) is 2.86. The summed E-state index contributed by atoms with van der Waals surface area (Å²) >= 11 is 0. The van der Waals surface area contributed by atoms with Crippen molar-refractivity contribution >= 4 is 11.8 Å². The Morgan fingerprint density at radius 1 is 1.13 bits per heavy atom. The molecule has 23 heavy (non-hydrogen) atoms. The highest BCUT2D eigenvalue weighted by atomic mass is 16.4. The molecule has 0 aliphatic heterocycles. The summed E-state index contributed by atoms with van der Waals surface area (Å²) in [5.41, 5.74) is 7.55. The summed E-state index contributed by atoms with van der Waals surface area (Å²) in [7, 11) is 0. The molecule has 0 amide bonds. The van der Waals surface area contributed by atoms with E-state index in [-0.39, 0.29) is 18.3 Å². The molecule has 1 fully saturated rings.